The molecule has 0 fully saturated rings. The summed E-state index contributed by atoms with van der Waals surface area (Å²) in [5.74, 6) is 0.867. The van der Waals surface area contributed by atoms with Gasteiger partial charge in [-0.25, -0.2) is 8.42 Å². The molecule has 0 bridgehead atoms. The van der Waals surface area contributed by atoms with E-state index in [1.54, 1.807) is 6.07 Å². The number of fused-ring (bicyclic) bond motifs is 1. The Morgan fingerprint density at radius 3 is 2.94 bits per heavy atom. The lowest BCUT2D eigenvalue weighted by Gasteiger charge is -2.11. The van der Waals surface area contributed by atoms with Gasteiger partial charge in [-0.05, 0) is 29.7 Å². The van der Waals surface area contributed by atoms with Crippen molar-refractivity contribution in [3.8, 4) is 5.75 Å². The minimum absolute atomic E-state index is 0.00174. The van der Waals surface area contributed by atoms with Gasteiger partial charge in [0.25, 0.3) is 0 Å². The monoisotopic (exact) mass is 256 g/mol. The lowest BCUT2D eigenvalue weighted by molar-refractivity contribution is 0.174. The van der Waals surface area contributed by atoms with Crippen LogP contribution in [0.15, 0.2) is 18.2 Å². The van der Waals surface area contributed by atoms with E-state index in [1.807, 2.05) is 12.1 Å². The van der Waals surface area contributed by atoms with E-state index in [4.69, 9.17) is 4.74 Å². The molecule has 94 valence electrons. The van der Waals surface area contributed by atoms with Crippen molar-refractivity contribution in [3.63, 3.8) is 0 Å². The van der Waals surface area contributed by atoms with Crippen LogP contribution in [0, 0.1) is 0 Å². The normalized spacial score (nSPS) is 16.4. The zero-order valence-electron chi connectivity index (χ0n) is 9.72. The Morgan fingerprint density at radius 2 is 2.24 bits per heavy atom. The average Bonchev–Trinajstić information content (AvgIpc) is 2.71. The molecule has 0 aliphatic carbocycles. The second-order valence-corrected chi connectivity index (χ2v) is 6.66. The van der Waals surface area contributed by atoms with Crippen molar-refractivity contribution < 1.29 is 18.3 Å². The minimum atomic E-state index is -3.02. The molecule has 1 atom stereocenters. The highest BCUT2D eigenvalue weighted by Crippen LogP contribution is 2.29. The fraction of sp³-hybridized carbons (Fsp3) is 0.500. The number of benzene rings is 1. The van der Waals surface area contributed by atoms with Gasteiger partial charge in [0.1, 0.15) is 15.6 Å². The SMILES string of the molecule is CS(=O)(=O)CCC(O)c1ccc2c(c1)CCO2. The van der Waals surface area contributed by atoms with Crippen molar-refractivity contribution in [1.29, 1.82) is 0 Å². The van der Waals surface area contributed by atoms with E-state index in [9.17, 15) is 13.5 Å². The third kappa shape index (κ3) is 3.20. The number of hydrogen-bond acceptors (Lipinski definition) is 4. The summed E-state index contributed by atoms with van der Waals surface area (Å²) in [6.07, 6.45) is 1.53. The summed E-state index contributed by atoms with van der Waals surface area (Å²) < 4.78 is 27.4. The molecule has 1 heterocycles. The van der Waals surface area contributed by atoms with Crippen LogP contribution in [-0.2, 0) is 16.3 Å². The van der Waals surface area contributed by atoms with Crippen LogP contribution in [0.2, 0.25) is 0 Å². The summed E-state index contributed by atoms with van der Waals surface area (Å²) in [4.78, 5) is 0. The van der Waals surface area contributed by atoms with Crippen molar-refractivity contribution >= 4 is 9.84 Å². The van der Waals surface area contributed by atoms with Crippen LogP contribution in [0.5, 0.6) is 5.75 Å². The fourth-order valence-corrected chi connectivity index (χ4v) is 2.56. The van der Waals surface area contributed by atoms with Gasteiger partial charge in [0.2, 0.25) is 0 Å². The molecule has 0 amide bonds. The Balaban J connectivity index is 2.07. The highest BCUT2D eigenvalue weighted by atomic mass is 32.2. The van der Waals surface area contributed by atoms with Gasteiger partial charge < -0.3 is 9.84 Å². The first-order valence-electron chi connectivity index (χ1n) is 5.57. The molecule has 0 saturated carbocycles. The zero-order valence-corrected chi connectivity index (χ0v) is 10.5. The van der Waals surface area contributed by atoms with Gasteiger partial charge in [-0.15, -0.1) is 0 Å². The molecular formula is C12H16O4S. The van der Waals surface area contributed by atoms with Gasteiger partial charge in [-0.2, -0.15) is 0 Å². The van der Waals surface area contributed by atoms with E-state index in [0.29, 0.717) is 6.61 Å². The first-order chi connectivity index (χ1) is 7.96. The molecule has 4 nitrogen and oxygen atoms in total. The Kier molecular flexibility index (Phi) is 3.40. The maximum Gasteiger partial charge on any atom is 0.147 e. The molecule has 0 aromatic heterocycles. The van der Waals surface area contributed by atoms with E-state index in [1.165, 1.54) is 6.26 Å². The van der Waals surface area contributed by atoms with Crippen LogP contribution < -0.4 is 4.74 Å². The van der Waals surface area contributed by atoms with E-state index in [-0.39, 0.29) is 12.2 Å². The summed E-state index contributed by atoms with van der Waals surface area (Å²) in [5, 5.41) is 9.91. The number of rotatable bonds is 4. The number of sulfone groups is 1. The molecule has 1 aromatic rings. The van der Waals surface area contributed by atoms with Crippen molar-refractivity contribution in [2.75, 3.05) is 18.6 Å². The van der Waals surface area contributed by atoms with Gasteiger partial charge in [-0.1, -0.05) is 6.07 Å². The van der Waals surface area contributed by atoms with Crippen molar-refractivity contribution in [1.82, 2.24) is 0 Å². The summed E-state index contributed by atoms with van der Waals surface area (Å²) in [5.41, 5.74) is 1.85. The van der Waals surface area contributed by atoms with Crippen molar-refractivity contribution in [2.24, 2.45) is 0 Å². The summed E-state index contributed by atoms with van der Waals surface area (Å²) in [6, 6.07) is 5.52. The van der Waals surface area contributed by atoms with Crippen LogP contribution in [0.25, 0.3) is 0 Å². The third-order valence-electron chi connectivity index (χ3n) is 2.86. The predicted molar refractivity (Wildman–Crippen MR) is 64.9 cm³/mol. The van der Waals surface area contributed by atoms with Crippen LogP contribution in [0.3, 0.4) is 0 Å². The highest BCUT2D eigenvalue weighted by Gasteiger charge is 2.16. The lowest BCUT2D eigenvalue weighted by atomic mass is 10.0. The van der Waals surface area contributed by atoms with Gasteiger partial charge in [0.15, 0.2) is 0 Å². The fourth-order valence-electron chi connectivity index (χ4n) is 1.91. The topological polar surface area (TPSA) is 63.6 Å². The predicted octanol–water partition coefficient (Wildman–Crippen LogP) is 1.09. The number of ether oxygens (including phenoxy) is 1. The molecule has 2 rings (SSSR count). The maximum absolute atomic E-state index is 11.0. The van der Waals surface area contributed by atoms with E-state index < -0.39 is 15.9 Å². The Labute approximate surface area is 101 Å². The Morgan fingerprint density at radius 1 is 1.47 bits per heavy atom. The zero-order chi connectivity index (χ0) is 12.5. The Hall–Kier alpha value is -1.07. The lowest BCUT2D eigenvalue weighted by Crippen LogP contribution is -2.08. The second-order valence-electron chi connectivity index (χ2n) is 4.40. The number of aliphatic hydroxyl groups excluding tert-OH is 1. The third-order valence-corrected chi connectivity index (χ3v) is 3.84. The van der Waals surface area contributed by atoms with Crippen molar-refractivity contribution in [2.45, 2.75) is 18.9 Å². The molecule has 1 N–H and O–H groups in total. The second kappa shape index (κ2) is 4.66. The largest absolute Gasteiger partial charge is 0.493 e. The molecule has 17 heavy (non-hydrogen) atoms. The molecule has 5 heteroatoms. The quantitative estimate of drug-likeness (QED) is 0.876. The summed E-state index contributed by atoms with van der Waals surface area (Å²) in [7, 11) is -3.02. The van der Waals surface area contributed by atoms with Crippen LogP contribution >= 0.6 is 0 Å². The molecule has 0 saturated heterocycles. The summed E-state index contributed by atoms with van der Waals surface area (Å²) >= 11 is 0. The molecular weight excluding hydrogens is 240 g/mol. The van der Waals surface area contributed by atoms with Crippen LogP contribution in [-0.4, -0.2) is 32.1 Å². The highest BCUT2D eigenvalue weighted by molar-refractivity contribution is 7.90. The maximum atomic E-state index is 11.0. The standard InChI is InChI=1S/C12H16O4S/c1-17(14,15)7-5-11(13)9-2-3-12-10(8-9)4-6-16-12/h2-3,8,11,13H,4-7H2,1H3. The van der Waals surface area contributed by atoms with E-state index >= 15 is 0 Å². The molecule has 0 spiro atoms. The van der Waals surface area contributed by atoms with Crippen molar-refractivity contribution in [3.05, 3.63) is 29.3 Å². The molecule has 1 unspecified atom stereocenters. The molecule has 1 aliphatic rings. The smallest absolute Gasteiger partial charge is 0.147 e. The van der Waals surface area contributed by atoms with Gasteiger partial charge in [-0.3, -0.25) is 0 Å². The first kappa shape index (κ1) is 12.4. The number of aliphatic hydroxyl groups is 1. The molecule has 1 aromatic carbocycles. The van der Waals surface area contributed by atoms with Crippen LogP contribution in [0.4, 0.5) is 0 Å². The average molecular weight is 256 g/mol. The van der Waals surface area contributed by atoms with Crippen LogP contribution in [0.1, 0.15) is 23.7 Å². The first-order valence-corrected chi connectivity index (χ1v) is 7.63. The number of hydrogen-bond donors (Lipinski definition) is 1. The van der Waals surface area contributed by atoms with E-state index in [2.05, 4.69) is 0 Å². The molecule has 1 aliphatic heterocycles. The van der Waals surface area contributed by atoms with Gasteiger partial charge in [0, 0.05) is 12.7 Å². The minimum Gasteiger partial charge on any atom is -0.493 e. The van der Waals surface area contributed by atoms with E-state index in [0.717, 1.165) is 23.3 Å². The summed E-state index contributed by atoms with van der Waals surface area (Å²) in [6.45, 7) is 0.679. The van der Waals surface area contributed by atoms with Gasteiger partial charge in [0.05, 0.1) is 18.5 Å². The molecule has 0 radical (unpaired) electrons. The Bertz CT molecular complexity index is 507. The van der Waals surface area contributed by atoms with Gasteiger partial charge >= 0.3 is 0 Å².